The van der Waals surface area contributed by atoms with Crippen molar-refractivity contribution in [1.29, 1.82) is 0 Å². The van der Waals surface area contributed by atoms with Crippen LogP contribution >= 0.6 is 11.6 Å². The Morgan fingerprint density at radius 1 is 1.07 bits per heavy atom. The number of aromatic nitrogens is 2. The summed E-state index contributed by atoms with van der Waals surface area (Å²) < 4.78 is 38.7. The normalized spacial score (nSPS) is 12.6. The lowest BCUT2D eigenvalue weighted by molar-refractivity contribution is -0.137. The lowest BCUT2D eigenvalue weighted by Crippen LogP contribution is -2.13. The zero-order valence-corrected chi connectivity index (χ0v) is 15.6. The van der Waals surface area contributed by atoms with Crippen LogP contribution < -0.4 is 5.32 Å². The summed E-state index contributed by atoms with van der Waals surface area (Å²) in [6.07, 6.45) is -5.25. The molecule has 0 saturated carbocycles. The van der Waals surface area contributed by atoms with E-state index >= 15 is 0 Å². The molecule has 2 N–H and O–H groups in total. The zero-order chi connectivity index (χ0) is 20.3. The van der Waals surface area contributed by atoms with Gasteiger partial charge in [0, 0.05) is 18.2 Å². The molecule has 2 aromatic carbocycles. The van der Waals surface area contributed by atoms with E-state index in [0.717, 1.165) is 11.6 Å². The van der Waals surface area contributed by atoms with E-state index in [1.165, 1.54) is 12.1 Å². The fraction of sp³-hybridized carbons (Fsp3) is 0.200. The van der Waals surface area contributed by atoms with Crippen LogP contribution in [-0.4, -0.2) is 21.6 Å². The first-order valence-corrected chi connectivity index (χ1v) is 8.81. The third-order valence-electron chi connectivity index (χ3n) is 4.07. The fourth-order valence-electron chi connectivity index (χ4n) is 2.70. The largest absolute Gasteiger partial charge is 0.417 e. The Morgan fingerprint density at radius 2 is 1.79 bits per heavy atom. The standard InChI is InChI=1S/C20H17ClF3N3O/c1-12-26-17(14-7-8-15(16(21)9-14)20(22,23)24)10-19(27-12)25-11-18(28)13-5-3-2-4-6-13/h2-10,18,28H,11H2,1H3,(H,25,26,27)/t18-/m0/s1. The third kappa shape index (κ3) is 4.79. The van der Waals surface area contributed by atoms with Gasteiger partial charge in [0.15, 0.2) is 0 Å². The maximum Gasteiger partial charge on any atom is 0.417 e. The van der Waals surface area contributed by atoms with Crippen molar-refractivity contribution >= 4 is 17.4 Å². The highest BCUT2D eigenvalue weighted by Crippen LogP contribution is 2.36. The SMILES string of the molecule is Cc1nc(NC[C@H](O)c2ccccc2)cc(-c2ccc(C(F)(F)F)c(Cl)c2)n1. The number of nitrogens with zero attached hydrogens (tertiary/aromatic N) is 2. The van der Waals surface area contributed by atoms with E-state index in [9.17, 15) is 18.3 Å². The van der Waals surface area contributed by atoms with Crippen LogP contribution in [-0.2, 0) is 6.18 Å². The van der Waals surface area contributed by atoms with Gasteiger partial charge in [0.1, 0.15) is 11.6 Å². The maximum atomic E-state index is 12.9. The second kappa shape index (κ2) is 8.16. The summed E-state index contributed by atoms with van der Waals surface area (Å²) in [7, 11) is 0. The van der Waals surface area contributed by atoms with E-state index in [-0.39, 0.29) is 6.54 Å². The van der Waals surface area contributed by atoms with Gasteiger partial charge in [-0.1, -0.05) is 48.0 Å². The van der Waals surface area contributed by atoms with E-state index in [0.29, 0.717) is 22.9 Å². The topological polar surface area (TPSA) is 58.0 Å². The van der Waals surface area contributed by atoms with Gasteiger partial charge in [-0.2, -0.15) is 13.2 Å². The number of alkyl halides is 3. The molecule has 1 aromatic heterocycles. The molecule has 0 radical (unpaired) electrons. The summed E-state index contributed by atoms with van der Waals surface area (Å²) in [5.41, 5.74) is 0.735. The number of hydrogen-bond donors (Lipinski definition) is 2. The molecule has 0 saturated heterocycles. The predicted octanol–water partition coefficient (Wildman–Crippen LogP) is 5.27. The lowest BCUT2D eigenvalue weighted by atomic mass is 10.1. The fourth-order valence-corrected chi connectivity index (χ4v) is 2.99. The van der Waals surface area contributed by atoms with Gasteiger partial charge in [-0.3, -0.25) is 0 Å². The van der Waals surface area contributed by atoms with Crippen molar-refractivity contribution in [2.75, 3.05) is 11.9 Å². The molecule has 8 heteroatoms. The minimum Gasteiger partial charge on any atom is -0.387 e. The Bertz CT molecular complexity index is 965. The number of aryl methyl sites for hydroxylation is 1. The molecular weight excluding hydrogens is 391 g/mol. The molecule has 3 aromatic rings. The quantitative estimate of drug-likeness (QED) is 0.605. The maximum absolute atomic E-state index is 12.9. The van der Waals surface area contributed by atoms with Gasteiger partial charge in [0.05, 0.1) is 22.4 Å². The molecule has 0 bridgehead atoms. The minimum absolute atomic E-state index is 0.216. The highest BCUT2D eigenvalue weighted by molar-refractivity contribution is 6.31. The smallest absolute Gasteiger partial charge is 0.387 e. The second-order valence-electron chi connectivity index (χ2n) is 6.19. The molecule has 0 aliphatic rings. The van der Waals surface area contributed by atoms with E-state index in [1.807, 2.05) is 30.3 Å². The minimum atomic E-state index is -4.52. The molecule has 0 aliphatic heterocycles. The molecule has 0 spiro atoms. The zero-order valence-electron chi connectivity index (χ0n) is 14.8. The lowest BCUT2D eigenvalue weighted by Gasteiger charge is -2.14. The van der Waals surface area contributed by atoms with Crippen LogP contribution in [0.2, 0.25) is 5.02 Å². The highest BCUT2D eigenvalue weighted by Gasteiger charge is 2.33. The van der Waals surface area contributed by atoms with Crippen molar-refractivity contribution in [2.45, 2.75) is 19.2 Å². The number of rotatable bonds is 5. The first-order chi connectivity index (χ1) is 13.2. The number of aliphatic hydroxyl groups is 1. The molecule has 0 fully saturated rings. The Hall–Kier alpha value is -2.64. The first-order valence-electron chi connectivity index (χ1n) is 8.44. The van der Waals surface area contributed by atoms with Gasteiger partial charge in [0.25, 0.3) is 0 Å². The number of hydrogen-bond acceptors (Lipinski definition) is 4. The van der Waals surface area contributed by atoms with Gasteiger partial charge in [-0.05, 0) is 24.6 Å². The average Bonchev–Trinajstić information content (AvgIpc) is 2.65. The van der Waals surface area contributed by atoms with Gasteiger partial charge in [-0.25, -0.2) is 9.97 Å². The van der Waals surface area contributed by atoms with Gasteiger partial charge in [-0.15, -0.1) is 0 Å². The Morgan fingerprint density at radius 3 is 2.43 bits per heavy atom. The summed E-state index contributed by atoms with van der Waals surface area (Å²) >= 11 is 5.80. The van der Waals surface area contributed by atoms with Crippen LogP contribution in [0.15, 0.2) is 54.6 Å². The molecule has 146 valence electrons. The van der Waals surface area contributed by atoms with Gasteiger partial charge >= 0.3 is 6.18 Å². The van der Waals surface area contributed by atoms with Crippen LogP contribution in [0.25, 0.3) is 11.3 Å². The van der Waals surface area contributed by atoms with Gasteiger partial charge < -0.3 is 10.4 Å². The van der Waals surface area contributed by atoms with Crippen LogP contribution in [0.4, 0.5) is 19.0 Å². The van der Waals surface area contributed by atoms with Crippen molar-refractivity contribution in [3.8, 4) is 11.3 Å². The van der Waals surface area contributed by atoms with Crippen LogP contribution in [0.1, 0.15) is 23.1 Å². The summed E-state index contributed by atoms with van der Waals surface area (Å²) in [6, 6.07) is 14.2. The summed E-state index contributed by atoms with van der Waals surface area (Å²) in [6.45, 7) is 1.89. The molecule has 0 amide bonds. The summed E-state index contributed by atoms with van der Waals surface area (Å²) in [5, 5.41) is 12.9. The molecule has 0 unspecified atom stereocenters. The molecule has 1 heterocycles. The average molecular weight is 408 g/mol. The monoisotopic (exact) mass is 407 g/mol. The van der Waals surface area contributed by atoms with Crippen LogP contribution in [0, 0.1) is 6.92 Å². The molecule has 1 atom stereocenters. The van der Waals surface area contributed by atoms with E-state index < -0.39 is 22.9 Å². The third-order valence-corrected chi connectivity index (χ3v) is 4.38. The van der Waals surface area contributed by atoms with E-state index in [1.54, 1.807) is 13.0 Å². The second-order valence-corrected chi connectivity index (χ2v) is 6.59. The van der Waals surface area contributed by atoms with Crippen molar-refractivity contribution in [1.82, 2.24) is 9.97 Å². The number of nitrogens with one attached hydrogen (secondary N) is 1. The summed E-state index contributed by atoms with van der Waals surface area (Å²) in [5.74, 6) is 0.888. The van der Waals surface area contributed by atoms with Crippen molar-refractivity contribution in [3.05, 3.63) is 76.6 Å². The molecule has 4 nitrogen and oxygen atoms in total. The molecular formula is C20H17ClF3N3O. The number of aliphatic hydroxyl groups excluding tert-OH is 1. The Balaban J connectivity index is 1.81. The number of halogens is 4. The number of anilines is 1. The van der Waals surface area contributed by atoms with E-state index in [4.69, 9.17) is 11.6 Å². The van der Waals surface area contributed by atoms with Crippen LogP contribution in [0.5, 0.6) is 0 Å². The van der Waals surface area contributed by atoms with Crippen molar-refractivity contribution in [2.24, 2.45) is 0 Å². The number of benzene rings is 2. The Kier molecular flexibility index (Phi) is 5.86. The van der Waals surface area contributed by atoms with Crippen molar-refractivity contribution in [3.63, 3.8) is 0 Å². The van der Waals surface area contributed by atoms with Gasteiger partial charge in [0.2, 0.25) is 0 Å². The molecule has 0 aliphatic carbocycles. The highest BCUT2D eigenvalue weighted by atomic mass is 35.5. The predicted molar refractivity (Wildman–Crippen MR) is 102 cm³/mol. The molecule has 3 rings (SSSR count). The van der Waals surface area contributed by atoms with Crippen LogP contribution in [0.3, 0.4) is 0 Å². The van der Waals surface area contributed by atoms with E-state index in [2.05, 4.69) is 15.3 Å². The summed E-state index contributed by atoms with van der Waals surface area (Å²) in [4.78, 5) is 8.53. The first kappa shape index (κ1) is 20.1. The molecule has 28 heavy (non-hydrogen) atoms. The Labute approximate surface area is 165 Å². The van der Waals surface area contributed by atoms with Crippen molar-refractivity contribution < 1.29 is 18.3 Å².